The highest BCUT2D eigenvalue weighted by Crippen LogP contribution is 2.40. The van der Waals surface area contributed by atoms with Crippen LogP contribution in [-0.2, 0) is 0 Å². The van der Waals surface area contributed by atoms with Crippen LogP contribution in [-0.4, -0.2) is 29.6 Å². The van der Waals surface area contributed by atoms with E-state index in [1.165, 1.54) is 45.1 Å². The fourth-order valence-electron chi connectivity index (χ4n) is 3.72. The maximum atomic E-state index is 6.30. The summed E-state index contributed by atoms with van der Waals surface area (Å²) in [6.45, 7) is 8.35. The Balaban J connectivity index is 2.02. The lowest BCUT2D eigenvalue weighted by molar-refractivity contribution is 0.110. The van der Waals surface area contributed by atoms with E-state index in [1.54, 1.807) is 0 Å². The summed E-state index contributed by atoms with van der Waals surface area (Å²) in [5, 5.41) is 0. The minimum absolute atomic E-state index is 0.381. The lowest BCUT2D eigenvalue weighted by Gasteiger charge is -2.38. The Morgan fingerprint density at radius 2 is 2.06 bits per heavy atom. The van der Waals surface area contributed by atoms with E-state index in [9.17, 15) is 0 Å². The molecule has 0 spiro atoms. The second kappa shape index (κ2) is 4.66. The van der Waals surface area contributed by atoms with E-state index in [0.717, 1.165) is 12.1 Å². The van der Waals surface area contributed by atoms with Crippen molar-refractivity contribution in [2.24, 2.45) is 11.1 Å². The number of nitrogens with zero attached hydrogens (tertiary/aromatic N) is 1. The lowest BCUT2D eigenvalue weighted by atomic mass is 9.84. The van der Waals surface area contributed by atoms with Crippen molar-refractivity contribution in [2.45, 2.75) is 77.4 Å². The molecule has 1 aliphatic carbocycles. The molecule has 0 aromatic heterocycles. The first-order valence-electron chi connectivity index (χ1n) is 7.08. The van der Waals surface area contributed by atoms with Gasteiger partial charge in [-0.3, -0.25) is 4.90 Å². The first-order valence-corrected chi connectivity index (χ1v) is 7.08. The van der Waals surface area contributed by atoms with Gasteiger partial charge in [0, 0.05) is 24.7 Å². The average Bonchev–Trinajstić information content (AvgIpc) is 2.75. The van der Waals surface area contributed by atoms with E-state index in [0.29, 0.717) is 11.5 Å². The molecule has 1 aliphatic heterocycles. The van der Waals surface area contributed by atoms with Gasteiger partial charge < -0.3 is 5.73 Å². The molecule has 94 valence electrons. The van der Waals surface area contributed by atoms with Crippen molar-refractivity contribution < 1.29 is 0 Å². The second-order valence-electron chi connectivity index (χ2n) is 6.31. The van der Waals surface area contributed by atoms with Crippen LogP contribution in [0.25, 0.3) is 0 Å². The molecule has 0 aromatic carbocycles. The van der Waals surface area contributed by atoms with E-state index >= 15 is 0 Å². The van der Waals surface area contributed by atoms with Crippen LogP contribution in [0.2, 0.25) is 0 Å². The van der Waals surface area contributed by atoms with Gasteiger partial charge in [0.25, 0.3) is 0 Å². The van der Waals surface area contributed by atoms with Crippen molar-refractivity contribution in [1.29, 1.82) is 0 Å². The Morgan fingerprint density at radius 3 is 2.62 bits per heavy atom. The quantitative estimate of drug-likeness (QED) is 0.798. The largest absolute Gasteiger partial charge is 0.327 e. The highest BCUT2D eigenvalue weighted by Gasteiger charge is 2.41. The zero-order chi connectivity index (χ0) is 11.8. The maximum absolute atomic E-state index is 6.30. The third kappa shape index (κ3) is 2.14. The van der Waals surface area contributed by atoms with Crippen molar-refractivity contribution in [2.75, 3.05) is 6.54 Å². The molecule has 2 heteroatoms. The monoisotopic (exact) mass is 224 g/mol. The number of nitrogens with two attached hydrogens (primary N) is 1. The van der Waals surface area contributed by atoms with Crippen LogP contribution < -0.4 is 5.73 Å². The van der Waals surface area contributed by atoms with Gasteiger partial charge in [0.15, 0.2) is 0 Å². The van der Waals surface area contributed by atoms with Gasteiger partial charge in [0.05, 0.1) is 0 Å². The Hall–Kier alpha value is -0.0800. The number of hydrogen-bond donors (Lipinski definition) is 1. The predicted octanol–water partition coefficient (Wildman–Crippen LogP) is 2.77. The molecule has 0 radical (unpaired) electrons. The molecule has 1 saturated carbocycles. The molecule has 2 rings (SSSR count). The number of likely N-dealkylation sites (tertiary alicyclic amines) is 1. The molecule has 2 fully saturated rings. The Labute approximate surface area is 101 Å². The highest BCUT2D eigenvalue weighted by molar-refractivity contribution is 4.97. The fraction of sp³-hybridized carbons (Fsp3) is 1.00. The molecule has 1 saturated heterocycles. The van der Waals surface area contributed by atoms with Gasteiger partial charge in [-0.05, 0) is 44.4 Å². The van der Waals surface area contributed by atoms with Gasteiger partial charge >= 0.3 is 0 Å². The van der Waals surface area contributed by atoms with E-state index in [-0.39, 0.29) is 0 Å². The molecular weight excluding hydrogens is 196 g/mol. The van der Waals surface area contributed by atoms with Crippen LogP contribution in [0.5, 0.6) is 0 Å². The highest BCUT2D eigenvalue weighted by atomic mass is 15.2. The van der Waals surface area contributed by atoms with Crippen molar-refractivity contribution in [3.63, 3.8) is 0 Å². The molecule has 2 nitrogen and oxygen atoms in total. The normalized spacial score (nSPS) is 45.4. The summed E-state index contributed by atoms with van der Waals surface area (Å²) in [6, 6.07) is 2.02. The summed E-state index contributed by atoms with van der Waals surface area (Å²) in [5.74, 6) is 0. The summed E-state index contributed by atoms with van der Waals surface area (Å²) in [6.07, 6.45) is 7.96. The zero-order valence-electron chi connectivity index (χ0n) is 11.2. The lowest BCUT2D eigenvalue weighted by Crippen LogP contribution is -2.47. The number of hydrogen-bond acceptors (Lipinski definition) is 2. The molecule has 4 unspecified atom stereocenters. The molecule has 4 atom stereocenters. The Morgan fingerprint density at radius 1 is 1.31 bits per heavy atom. The minimum Gasteiger partial charge on any atom is -0.327 e. The smallest absolute Gasteiger partial charge is 0.0105 e. The molecule has 2 N–H and O–H groups in total. The summed E-state index contributed by atoms with van der Waals surface area (Å²) < 4.78 is 0. The van der Waals surface area contributed by atoms with Gasteiger partial charge in [-0.15, -0.1) is 0 Å². The Bertz CT molecular complexity index is 241. The summed E-state index contributed by atoms with van der Waals surface area (Å²) in [4.78, 5) is 2.74. The van der Waals surface area contributed by atoms with Crippen LogP contribution in [0.3, 0.4) is 0 Å². The summed E-state index contributed by atoms with van der Waals surface area (Å²) in [7, 11) is 0. The van der Waals surface area contributed by atoms with Crippen LogP contribution in [0.1, 0.15) is 59.3 Å². The second-order valence-corrected chi connectivity index (χ2v) is 6.31. The van der Waals surface area contributed by atoms with Crippen molar-refractivity contribution >= 4 is 0 Å². The topological polar surface area (TPSA) is 29.3 Å². The predicted molar refractivity (Wildman–Crippen MR) is 69.4 cm³/mol. The standard InChI is InChI=1S/C14H28N2/c1-4-12-8-7-11(2)16(12)10-14(3)9-5-6-13(14)15/h11-13H,4-10,15H2,1-3H3. The van der Waals surface area contributed by atoms with Gasteiger partial charge in [0.2, 0.25) is 0 Å². The molecule has 0 amide bonds. The molecule has 0 bridgehead atoms. The van der Waals surface area contributed by atoms with Crippen molar-refractivity contribution in [1.82, 2.24) is 4.90 Å². The maximum Gasteiger partial charge on any atom is 0.0105 e. The van der Waals surface area contributed by atoms with Crippen LogP contribution >= 0.6 is 0 Å². The first kappa shape index (κ1) is 12.4. The summed E-state index contributed by atoms with van der Waals surface area (Å²) in [5.41, 5.74) is 6.68. The molecular formula is C14H28N2. The fourth-order valence-corrected chi connectivity index (χ4v) is 3.72. The molecule has 0 aromatic rings. The molecule has 16 heavy (non-hydrogen) atoms. The average molecular weight is 224 g/mol. The van der Waals surface area contributed by atoms with Gasteiger partial charge in [0.1, 0.15) is 0 Å². The van der Waals surface area contributed by atoms with E-state index in [2.05, 4.69) is 25.7 Å². The zero-order valence-corrected chi connectivity index (χ0v) is 11.2. The van der Waals surface area contributed by atoms with E-state index < -0.39 is 0 Å². The third-order valence-electron chi connectivity index (χ3n) is 5.13. The molecule has 2 aliphatic rings. The van der Waals surface area contributed by atoms with Gasteiger partial charge in [-0.1, -0.05) is 20.3 Å². The minimum atomic E-state index is 0.381. The summed E-state index contributed by atoms with van der Waals surface area (Å²) >= 11 is 0. The number of rotatable bonds is 3. The van der Waals surface area contributed by atoms with E-state index in [4.69, 9.17) is 5.73 Å². The van der Waals surface area contributed by atoms with Gasteiger partial charge in [-0.25, -0.2) is 0 Å². The van der Waals surface area contributed by atoms with Crippen molar-refractivity contribution in [3.05, 3.63) is 0 Å². The van der Waals surface area contributed by atoms with Crippen molar-refractivity contribution in [3.8, 4) is 0 Å². The van der Waals surface area contributed by atoms with Crippen LogP contribution in [0, 0.1) is 5.41 Å². The first-order chi connectivity index (χ1) is 7.57. The SMILES string of the molecule is CCC1CCC(C)N1CC1(C)CCCC1N. The third-order valence-corrected chi connectivity index (χ3v) is 5.13. The Kier molecular flexibility index (Phi) is 3.60. The van der Waals surface area contributed by atoms with Crippen LogP contribution in [0.15, 0.2) is 0 Å². The van der Waals surface area contributed by atoms with E-state index in [1.807, 2.05) is 0 Å². The van der Waals surface area contributed by atoms with Crippen LogP contribution in [0.4, 0.5) is 0 Å². The molecule has 1 heterocycles. The van der Waals surface area contributed by atoms with Gasteiger partial charge in [-0.2, -0.15) is 0 Å².